The number of hydrogen-bond acceptors (Lipinski definition) is 4. The van der Waals surface area contributed by atoms with Gasteiger partial charge in [0.05, 0.1) is 5.56 Å². The van der Waals surface area contributed by atoms with Crippen molar-refractivity contribution in [2.24, 2.45) is 0 Å². The second-order valence-electron chi connectivity index (χ2n) is 2.44. The van der Waals surface area contributed by atoms with E-state index in [0.717, 1.165) is 0 Å². The second kappa shape index (κ2) is 3.49. The van der Waals surface area contributed by atoms with E-state index in [1.165, 1.54) is 12.4 Å². The van der Waals surface area contributed by atoms with Crippen LogP contribution in [0.15, 0.2) is 12.4 Å². The van der Waals surface area contributed by atoms with Gasteiger partial charge in [0.1, 0.15) is 0 Å². The highest BCUT2D eigenvalue weighted by Crippen LogP contribution is 2.04. The fourth-order valence-corrected chi connectivity index (χ4v) is 0.751. The molecule has 5 heteroatoms. The number of nitrogens with zero attached hydrogens (tertiary/aromatic N) is 3. The molecule has 0 aliphatic carbocycles. The number of aromatic nitrogens is 2. The second-order valence-corrected chi connectivity index (χ2v) is 2.78. The minimum Gasteiger partial charge on any atom is -0.347 e. The lowest BCUT2D eigenvalue weighted by atomic mass is 10.4. The van der Waals surface area contributed by atoms with E-state index in [4.69, 9.17) is 11.6 Å². The van der Waals surface area contributed by atoms with Gasteiger partial charge in [0.15, 0.2) is 0 Å². The molecule has 0 N–H and O–H groups in total. The Labute approximate surface area is 75.2 Å². The van der Waals surface area contributed by atoms with Crippen LogP contribution in [-0.4, -0.2) is 29.3 Å². The van der Waals surface area contributed by atoms with Gasteiger partial charge in [0.25, 0.3) is 5.24 Å². The van der Waals surface area contributed by atoms with Crippen molar-refractivity contribution < 1.29 is 4.79 Å². The maximum absolute atomic E-state index is 10.6. The highest BCUT2D eigenvalue weighted by atomic mass is 35.5. The van der Waals surface area contributed by atoms with Crippen LogP contribution in [0.5, 0.6) is 0 Å². The Bertz CT molecular complexity index is 283. The van der Waals surface area contributed by atoms with Crippen molar-refractivity contribution >= 4 is 22.8 Å². The molecule has 0 bridgehead atoms. The normalized spacial score (nSPS) is 9.58. The number of halogens is 1. The first-order chi connectivity index (χ1) is 5.61. The molecule has 0 saturated carbocycles. The Morgan fingerprint density at radius 1 is 1.42 bits per heavy atom. The zero-order chi connectivity index (χ0) is 9.14. The summed E-state index contributed by atoms with van der Waals surface area (Å²) in [5, 5.41) is -0.541. The molecule has 0 aromatic carbocycles. The van der Waals surface area contributed by atoms with Crippen LogP contribution >= 0.6 is 11.6 Å². The average molecular weight is 186 g/mol. The molecule has 1 aromatic rings. The maximum Gasteiger partial charge on any atom is 0.255 e. The number of rotatable bonds is 2. The van der Waals surface area contributed by atoms with Crippen molar-refractivity contribution in [3.8, 4) is 0 Å². The van der Waals surface area contributed by atoms with E-state index in [9.17, 15) is 4.79 Å². The summed E-state index contributed by atoms with van der Waals surface area (Å²) in [5.74, 6) is 0.552. The largest absolute Gasteiger partial charge is 0.347 e. The topological polar surface area (TPSA) is 46.1 Å². The lowest BCUT2D eigenvalue weighted by molar-refractivity contribution is 0.108. The van der Waals surface area contributed by atoms with Crippen LogP contribution in [0.2, 0.25) is 0 Å². The van der Waals surface area contributed by atoms with E-state index in [1.807, 2.05) is 14.1 Å². The highest BCUT2D eigenvalue weighted by molar-refractivity contribution is 6.67. The summed E-state index contributed by atoms with van der Waals surface area (Å²) in [4.78, 5) is 20.2. The molecule has 0 fully saturated rings. The molecule has 0 radical (unpaired) electrons. The zero-order valence-corrected chi connectivity index (χ0v) is 7.54. The van der Waals surface area contributed by atoms with E-state index in [-0.39, 0.29) is 0 Å². The van der Waals surface area contributed by atoms with Crippen LogP contribution in [0.3, 0.4) is 0 Å². The molecule has 0 amide bonds. The molecule has 0 aliphatic heterocycles. The predicted octanol–water partition coefficient (Wildman–Crippen LogP) is 0.922. The molecule has 1 heterocycles. The Hall–Kier alpha value is -1.16. The van der Waals surface area contributed by atoms with Crippen molar-refractivity contribution in [3.05, 3.63) is 18.0 Å². The van der Waals surface area contributed by atoms with E-state index in [0.29, 0.717) is 11.5 Å². The van der Waals surface area contributed by atoms with Crippen molar-refractivity contribution in [1.82, 2.24) is 9.97 Å². The first-order valence-electron chi connectivity index (χ1n) is 3.30. The summed E-state index contributed by atoms with van der Waals surface area (Å²) >= 11 is 5.20. The van der Waals surface area contributed by atoms with E-state index in [2.05, 4.69) is 9.97 Å². The molecular weight excluding hydrogens is 178 g/mol. The maximum atomic E-state index is 10.6. The third kappa shape index (κ3) is 1.92. The average Bonchev–Trinajstić information content (AvgIpc) is 2.04. The monoisotopic (exact) mass is 185 g/mol. The van der Waals surface area contributed by atoms with Crippen molar-refractivity contribution in [2.75, 3.05) is 19.0 Å². The molecule has 0 spiro atoms. The SMILES string of the molecule is CN(C)c1ncc(C(=O)Cl)cn1. The summed E-state index contributed by atoms with van der Waals surface area (Å²) < 4.78 is 0. The van der Waals surface area contributed by atoms with Crippen LogP contribution in [0, 0.1) is 0 Å². The molecule has 0 saturated heterocycles. The van der Waals surface area contributed by atoms with Gasteiger partial charge in [0, 0.05) is 26.5 Å². The van der Waals surface area contributed by atoms with Crippen molar-refractivity contribution in [3.63, 3.8) is 0 Å². The quantitative estimate of drug-likeness (QED) is 0.643. The van der Waals surface area contributed by atoms with Gasteiger partial charge in [-0.05, 0) is 11.6 Å². The van der Waals surface area contributed by atoms with Crippen LogP contribution in [0.1, 0.15) is 10.4 Å². The van der Waals surface area contributed by atoms with Gasteiger partial charge in [-0.1, -0.05) is 0 Å². The summed E-state index contributed by atoms with van der Waals surface area (Å²) in [6, 6.07) is 0. The van der Waals surface area contributed by atoms with Gasteiger partial charge in [0.2, 0.25) is 5.95 Å². The number of anilines is 1. The van der Waals surface area contributed by atoms with Gasteiger partial charge in [-0.3, -0.25) is 4.79 Å². The van der Waals surface area contributed by atoms with Gasteiger partial charge in [-0.2, -0.15) is 0 Å². The predicted molar refractivity (Wildman–Crippen MR) is 46.5 cm³/mol. The molecule has 4 nitrogen and oxygen atoms in total. The van der Waals surface area contributed by atoms with Crippen LogP contribution in [0.4, 0.5) is 5.95 Å². The third-order valence-electron chi connectivity index (χ3n) is 1.27. The van der Waals surface area contributed by atoms with Crippen molar-refractivity contribution in [2.45, 2.75) is 0 Å². The number of carbonyl (C=O) groups excluding carboxylic acids is 1. The molecule has 0 atom stereocenters. The highest BCUT2D eigenvalue weighted by Gasteiger charge is 2.03. The Kier molecular flexibility index (Phi) is 2.60. The third-order valence-corrected chi connectivity index (χ3v) is 1.48. The van der Waals surface area contributed by atoms with Crippen LogP contribution < -0.4 is 4.90 Å². The number of hydrogen-bond donors (Lipinski definition) is 0. The molecule has 64 valence electrons. The zero-order valence-electron chi connectivity index (χ0n) is 6.78. The Balaban J connectivity index is 2.93. The first kappa shape index (κ1) is 8.93. The fourth-order valence-electron chi connectivity index (χ4n) is 0.654. The smallest absolute Gasteiger partial charge is 0.255 e. The number of carbonyl (C=O) groups is 1. The van der Waals surface area contributed by atoms with Crippen LogP contribution in [0.25, 0.3) is 0 Å². The van der Waals surface area contributed by atoms with Gasteiger partial charge >= 0.3 is 0 Å². The van der Waals surface area contributed by atoms with Crippen LogP contribution in [-0.2, 0) is 0 Å². The summed E-state index contributed by atoms with van der Waals surface area (Å²) in [5.41, 5.74) is 0.308. The minimum absolute atomic E-state index is 0.308. The molecule has 12 heavy (non-hydrogen) atoms. The van der Waals surface area contributed by atoms with Gasteiger partial charge < -0.3 is 4.90 Å². The van der Waals surface area contributed by atoms with E-state index in [1.54, 1.807) is 4.90 Å². The molecule has 1 rings (SSSR count). The van der Waals surface area contributed by atoms with Gasteiger partial charge in [-0.25, -0.2) is 9.97 Å². The standard InChI is InChI=1S/C7H8ClN3O/c1-11(2)7-9-3-5(4-10-7)6(8)12/h3-4H,1-2H3. The summed E-state index contributed by atoms with van der Waals surface area (Å²) in [6.07, 6.45) is 2.80. The molecular formula is C7H8ClN3O. The molecule has 0 aliphatic rings. The molecule has 0 unspecified atom stereocenters. The summed E-state index contributed by atoms with van der Waals surface area (Å²) in [6.45, 7) is 0. The molecule has 1 aromatic heterocycles. The fraction of sp³-hybridized carbons (Fsp3) is 0.286. The Morgan fingerprint density at radius 3 is 2.25 bits per heavy atom. The summed E-state index contributed by atoms with van der Waals surface area (Å²) in [7, 11) is 3.63. The minimum atomic E-state index is -0.541. The first-order valence-corrected chi connectivity index (χ1v) is 3.68. The van der Waals surface area contributed by atoms with E-state index < -0.39 is 5.24 Å². The lowest BCUT2D eigenvalue weighted by Crippen LogP contribution is -2.12. The van der Waals surface area contributed by atoms with E-state index >= 15 is 0 Å². The van der Waals surface area contributed by atoms with Crippen molar-refractivity contribution in [1.29, 1.82) is 0 Å². The Morgan fingerprint density at radius 2 is 1.92 bits per heavy atom. The van der Waals surface area contributed by atoms with Gasteiger partial charge in [-0.15, -0.1) is 0 Å². The lowest BCUT2D eigenvalue weighted by Gasteiger charge is -2.08.